The fraction of sp³-hybridized carbons (Fsp3) is 0.364. The first-order chi connectivity index (χ1) is 7.54. The maximum absolute atomic E-state index is 13.1. The molecule has 1 N–H and O–H groups in total. The summed E-state index contributed by atoms with van der Waals surface area (Å²) in [6.07, 6.45) is 0.0725. The van der Waals surface area contributed by atoms with Crippen LogP contribution in [0.1, 0.15) is 17.3 Å². The van der Waals surface area contributed by atoms with E-state index in [1.807, 2.05) is 6.92 Å². The Morgan fingerprint density at radius 1 is 1.62 bits per heavy atom. The van der Waals surface area contributed by atoms with Crippen molar-refractivity contribution in [1.82, 2.24) is 0 Å². The highest BCUT2D eigenvalue weighted by atomic mass is 32.2. The van der Waals surface area contributed by atoms with Crippen LogP contribution in [-0.4, -0.2) is 30.0 Å². The number of carbonyl (C=O) groups is 1. The molecule has 0 aliphatic heterocycles. The molecular weight excluding hydrogens is 231 g/mol. The van der Waals surface area contributed by atoms with Crippen molar-refractivity contribution < 1.29 is 19.0 Å². The van der Waals surface area contributed by atoms with Crippen LogP contribution in [0.3, 0.4) is 0 Å². The van der Waals surface area contributed by atoms with Crippen molar-refractivity contribution in [2.45, 2.75) is 17.9 Å². The summed E-state index contributed by atoms with van der Waals surface area (Å²) in [6, 6.07) is 4.07. The largest absolute Gasteiger partial charge is 0.478 e. The fourth-order valence-electron chi connectivity index (χ4n) is 1.04. The van der Waals surface area contributed by atoms with Gasteiger partial charge in [0.2, 0.25) is 0 Å². The third-order valence-electron chi connectivity index (χ3n) is 2.06. The predicted octanol–water partition coefficient (Wildman–Crippen LogP) is 2.65. The number of carboxylic acids is 1. The molecule has 0 aliphatic carbocycles. The molecule has 1 rings (SSSR count). The first-order valence-electron chi connectivity index (χ1n) is 4.73. The average molecular weight is 244 g/mol. The number of hydrogen-bond acceptors (Lipinski definition) is 3. The normalized spacial score (nSPS) is 12.4. The molecule has 16 heavy (non-hydrogen) atoms. The molecule has 5 heteroatoms. The lowest BCUT2D eigenvalue weighted by Gasteiger charge is -2.09. The zero-order valence-electron chi connectivity index (χ0n) is 9.07. The molecule has 1 atom stereocenters. The molecule has 88 valence electrons. The van der Waals surface area contributed by atoms with Gasteiger partial charge >= 0.3 is 5.97 Å². The van der Waals surface area contributed by atoms with Crippen LogP contribution in [-0.2, 0) is 4.74 Å². The van der Waals surface area contributed by atoms with E-state index in [9.17, 15) is 9.18 Å². The minimum absolute atomic E-state index is 0.0725. The van der Waals surface area contributed by atoms with Crippen LogP contribution in [0.2, 0.25) is 0 Å². The van der Waals surface area contributed by atoms with Gasteiger partial charge in [-0.3, -0.25) is 0 Å². The SMILES string of the molecule is COC(C)CSc1ccc(F)c(C(=O)O)c1. The van der Waals surface area contributed by atoms with E-state index >= 15 is 0 Å². The Labute approximate surface area is 97.6 Å². The Morgan fingerprint density at radius 3 is 2.88 bits per heavy atom. The van der Waals surface area contributed by atoms with Crippen molar-refractivity contribution in [3.63, 3.8) is 0 Å². The number of carboxylic acid groups (broad SMARTS) is 1. The van der Waals surface area contributed by atoms with E-state index in [1.165, 1.54) is 23.9 Å². The summed E-state index contributed by atoms with van der Waals surface area (Å²) >= 11 is 1.44. The Hall–Kier alpha value is -1.07. The highest BCUT2D eigenvalue weighted by Crippen LogP contribution is 2.22. The summed E-state index contributed by atoms with van der Waals surface area (Å²) in [5, 5.41) is 8.74. The third-order valence-corrected chi connectivity index (χ3v) is 3.28. The molecule has 0 spiro atoms. The maximum atomic E-state index is 13.1. The molecule has 0 fully saturated rings. The zero-order valence-corrected chi connectivity index (χ0v) is 9.88. The topological polar surface area (TPSA) is 46.5 Å². The maximum Gasteiger partial charge on any atom is 0.338 e. The molecule has 1 aromatic rings. The average Bonchev–Trinajstić information content (AvgIpc) is 2.27. The Balaban J connectivity index is 2.75. The summed E-state index contributed by atoms with van der Waals surface area (Å²) in [6.45, 7) is 1.91. The molecular formula is C11H13FO3S. The molecule has 0 saturated heterocycles. The summed E-state index contributed by atoms with van der Waals surface area (Å²) in [4.78, 5) is 11.4. The molecule has 0 heterocycles. The van der Waals surface area contributed by atoms with E-state index in [-0.39, 0.29) is 11.7 Å². The van der Waals surface area contributed by atoms with Crippen molar-refractivity contribution in [2.24, 2.45) is 0 Å². The molecule has 1 aromatic carbocycles. The lowest BCUT2D eigenvalue weighted by molar-refractivity contribution is 0.0691. The number of hydrogen-bond donors (Lipinski definition) is 1. The number of ether oxygens (including phenoxy) is 1. The molecule has 1 unspecified atom stereocenters. The van der Waals surface area contributed by atoms with Gasteiger partial charge in [-0.15, -0.1) is 11.8 Å². The van der Waals surface area contributed by atoms with Crippen molar-refractivity contribution >= 4 is 17.7 Å². The van der Waals surface area contributed by atoms with Gasteiger partial charge in [-0.1, -0.05) is 0 Å². The zero-order chi connectivity index (χ0) is 12.1. The highest BCUT2D eigenvalue weighted by Gasteiger charge is 2.11. The second-order valence-electron chi connectivity index (χ2n) is 3.30. The summed E-state index contributed by atoms with van der Waals surface area (Å²) in [5.74, 6) is -1.27. The van der Waals surface area contributed by atoms with Gasteiger partial charge in [0.25, 0.3) is 0 Å². The molecule has 0 radical (unpaired) electrons. The molecule has 0 aliphatic rings. The third kappa shape index (κ3) is 3.50. The number of benzene rings is 1. The van der Waals surface area contributed by atoms with Crippen molar-refractivity contribution in [1.29, 1.82) is 0 Å². The van der Waals surface area contributed by atoms with Gasteiger partial charge in [0.15, 0.2) is 0 Å². The second kappa shape index (κ2) is 5.86. The standard InChI is InChI=1S/C11H13FO3S/c1-7(15-2)6-16-8-3-4-10(12)9(5-8)11(13)14/h3-5,7H,6H2,1-2H3,(H,13,14). The van der Waals surface area contributed by atoms with E-state index in [0.29, 0.717) is 5.75 Å². The van der Waals surface area contributed by atoms with Gasteiger partial charge in [0.1, 0.15) is 5.82 Å². The van der Waals surface area contributed by atoms with Gasteiger partial charge < -0.3 is 9.84 Å². The molecule has 0 saturated carbocycles. The molecule has 0 bridgehead atoms. The molecule has 0 amide bonds. The van der Waals surface area contributed by atoms with E-state index in [4.69, 9.17) is 9.84 Å². The van der Waals surface area contributed by atoms with Crippen molar-refractivity contribution in [2.75, 3.05) is 12.9 Å². The van der Waals surface area contributed by atoms with Gasteiger partial charge in [-0.05, 0) is 25.1 Å². The minimum Gasteiger partial charge on any atom is -0.478 e. The smallest absolute Gasteiger partial charge is 0.338 e. The monoisotopic (exact) mass is 244 g/mol. The van der Waals surface area contributed by atoms with E-state index in [2.05, 4.69) is 0 Å². The van der Waals surface area contributed by atoms with Crippen molar-refractivity contribution in [3.05, 3.63) is 29.6 Å². The summed E-state index contributed by atoms with van der Waals surface area (Å²) < 4.78 is 18.1. The van der Waals surface area contributed by atoms with Crippen LogP contribution < -0.4 is 0 Å². The van der Waals surface area contributed by atoms with Gasteiger partial charge in [0, 0.05) is 17.8 Å². The summed E-state index contributed by atoms with van der Waals surface area (Å²) in [5.41, 5.74) is -0.296. The highest BCUT2D eigenvalue weighted by molar-refractivity contribution is 7.99. The Kier molecular flexibility index (Phi) is 4.76. The first-order valence-corrected chi connectivity index (χ1v) is 5.71. The first kappa shape index (κ1) is 13.0. The van der Waals surface area contributed by atoms with Crippen LogP contribution in [0, 0.1) is 5.82 Å². The van der Waals surface area contributed by atoms with E-state index < -0.39 is 11.8 Å². The van der Waals surface area contributed by atoms with Crippen LogP contribution >= 0.6 is 11.8 Å². The number of halogens is 1. The van der Waals surface area contributed by atoms with Crippen LogP contribution in [0.5, 0.6) is 0 Å². The second-order valence-corrected chi connectivity index (χ2v) is 4.40. The van der Waals surface area contributed by atoms with Gasteiger partial charge in [-0.2, -0.15) is 0 Å². The van der Waals surface area contributed by atoms with Crippen LogP contribution in [0.25, 0.3) is 0 Å². The van der Waals surface area contributed by atoms with Gasteiger partial charge in [0.05, 0.1) is 11.7 Å². The van der Waals surface area contributed by atoms with E-state index in [0.717, 1.165) is 4.90 Å². The Morgan fingerprint density at radius 2 is 2.31 bits per heavy atom. The minimum atomic E-state index is -1.25. The Bertz CT molecular complexity index is 381. The number of thioether (sulfide) groups is 1. The lowest BCUT2D eigenvalue weighted by Crippen LogP contribution is -2.07. The van der Waals surface area contributed by atoms with Crippen LogP contribution in [0.4, 0.5) is 4.39 Å². The molecule has 0 aromatic heterocycles. The number of rotatable bonds is 5. The van der Waals surface area contributed by atoms with E-state index in [1.54, 1.807) is 13.2 Å². The fourth-order valence-corrected chi connectivity index (χ4v) is 1.97. The molecule has 3 nitrogen and oxygen atoms in total. The number of methoxy groups -OCH3 is 1. The predicted molar refractivity (Wildman–Crippen MR) is 60.6 cm³/mol. The van der Waals surface area contributed by atoms with Crippen LogP contribution in [0.15, 0.2) is 23.1 Å². The number of aromatic carboxylic acids is 1. The quantitative estimate of drug-likeness (QED) is 0.809. The summed E-state index contributed by atoms with van der Waals surface area (Å²) in [7, 11) is 1.61. The van der Waals surface area contributed by atoms with Crippen molar-refractivity contribution in [3.8, 4) is 0 Å². The van der Waals surface area contributed by atoms with Gasteiger partial charge in [-0.25, -0.2) is 9.18 Å². The lowest BCUT2D eigenvalue weighted by atomic mass is 10.2.